The van der Waals surface area contributed by atoms with Crippen LogP contribution in [0.25, 0.3) is 16.3 Å². The third-order valence-corrected chi connectivity index (χ3v) is 9.82. The minimum atomic E-state index is 0.242. The largest absolute Gasteiger partial charge is 0.335 e. The second-order valence-electron chi connectivity index (χ2n) is 11.0. The SMILES string of the molecule is CCN1/C(=C/C=C(\C)C2=C/C(=C(C)/C=C/c3sc4ccccc4[n+]3CC)CC(C)(C)C2)Sc2ccccc21. The van der Waals surface area contributed by atoms with Crippen LogP contribution >= 0.6 is 23.1 Å². The number of thioether (sulfide) groups is 1. The molecule has 196 valence electrons. The second-order valence-corrected chi connectivity index (χ2v) is 13.2. The van der Waals surface area contributed by atoms with E-state index in [1.165, 1.54) is 53.1 Å². The molecule has 3 aromatic rings. The third kappa shape index (κ3) is 5.48. The molecule has 2 aromatic carbocycles. The third-order valence-electron chi connectivity index (χ3n) is 7.56. The zero-order chi connectivity index (χ0) is 26.9. The summed E-state index contributed by atoms with van der Waals surface area (Å²) in [5.74, 6) is 0. The summed E-state index contributed by atoms with van der Waals surface area (Å²) in [6.07, 6.45) is 14.0. The second kappa shape index (κ2) is 11.1. The summed E-state index contributed by atoms with van der Waals surface area (Å²) in [7, 11) is 0. The van der Waals surface area contributed by atoms with Gasteiger partial charge in [0.2, 0.25) is 5.52 Å². The predicted molar refractivity (Wildman–Crippen MR) is 168 cm³/mol. The Morgan fingerprint density at radius 3 is 2.58 bits per heavy atom. The Labute approximate surface area is 236 Å². The zero-order valence-electron chi connectivity index (χ0n) is 23.5. The molecule has 0 amide bonds. The van der Waals surface area contributed by atoms with Gasteiger partial charge in [0, 0.05) is 23.6 Å². The lowest BCUT2D eigenvalue weighted by Crippen LogP contribution is -2.33. The molecule has 0 N–H and O–H groups in total. The van der Waals surface area contributed by atoms with E-state index in [1.54, 1.807) is 0 Å². The summed E-state index contributed by atoms with van der Waals surface area (Å²) in [5.41, 5.74) is 8.52. The van der Waals surface area contributed by atoms with Crippen LogP contribution in [0.5, 0.6) is 0 Å². The first-order valence-electron chi connectivity index (χ1n) is 13.7. The first-order chi connectivity index (χ1) is 18.3. The monoisotopic (exact) mass is 539 g/mol. The van der Waals surface area contributed by atoms with Gasteiger partial charge in [-0.2, -0.15) is 4.57 Å². The highest BCUT2D eigenvalue weighted by molar-refractivity contribution is 8.03. The van der Waals surface area contributed by atoms with Gasteiger partial charge in [0.15, 0.2) is 0 Å². The van der Waals surface area contributed by atoms with Gasteiger partial charge >= 0.3 is 0 Å². The van der Waals surface area contributed by atoms with Crippen LogP contribution in [-0.4, -0.2) is 6.54 Å². The molecular weight excluding hydrogens is 501 g/mol. The molecule has 1 aromatic heterocycles. The Hall–Kier alpha value is -2.82. The van der Waals surface area contributed by atoms with Crippen LogP contribution in [0.2, 0.25) is 0 Å². The van der Waals surface area contributed by atoms with Crippen molar-refractivity contribution in [3.63, 3.8) is 0 Å². The van der Waals surface area contributed by atoms with E-state index in [9.17, 15) is 0 Å². The molecule has 4 heteroatoms. The van der Waals surface area contributed by atoms with E-state index in [-0.39, 0.29) is 5.41 Å². The van der Waals surface area contributed by atoms with Gasteiger partial charge in [0.1, 0.15) is 11.2 Å². The van der Waals surface area contributed by atoms with Crippen molar-refractivity contribution >= 4 is 45.1 Å². The van der Waals surface area contributed by atoms with Gasteiger partial charge in [0.05, 0.1) is 10.7 Å². The fourth-order valence-corrected chi connectivity index (χ4v) is 7.78. The lowest BCUT2D eigenvalue weighted by Gasteiger charge is -2.32. The molecule has 0 bridgehead atoms. The molecule has 2 heterocycles. The highest BCUT2D eigenvalue weighted by Gasteiger charge is 2.27. The van der Waals surface area contributed by atoms with Gasteiger partial charge in [0.25, 0.3) is 5.01 Å². The fourth-order valence-electron chi connectivity index (χ4n) is 5.53. The number of fused-ring (bicyclic) bond motifs is 2. The molecule has 0 saturated carbocycles. The molecule has 0 spiro atoms. The van der Waals surface area contributed by atoms with Crippen LogP contribution in [0.3, 0.4) is 0 Å². The summed E-state index contributed by atoms with van der Waals surface area (Å²) in [4.78, 5) is 3.76. The van der Waals surface area contributed by atoms with E-state index in [4.69, 9.17) is 0 Å². The number of anilines is 1. The normalized spacial score (nSPS) is 19.9. The average Bonchev–Trinajstić information content (AvgIpc) is 3.46. The molecule has 0 fully saturated rings. The molecule has 0 saturated heterocycles. The van der Waals surface area contributed by atoms with Crippen molar-refractivity contribution in [1.82, 2.24) is 0 Å². The van der Waals surface area contributed by atoms with Gasteiger partial charge in [-0.3, -0.25) is 0 Å². The number of aromatic nitrogens is 1. The Balaban J connectivity index is 1.43. The van der Waals surface area contributed by atoms with E-state index in [1.807, 2.05) is 23.1 Å². The fraction of sp³-hybridized carbons (Fsp3) is 0.324. The smallest absolute Gasteiger partial charge is 0.262 e. The van der Waals surface area contributed by atoms with Crippen LogP contribution in [0.15, 0.2) is 105 Å². The maximum atomic E-state index is 2.46. The molecule has 2 aliphatic rings. The van der Waals surface area contributed by atoms with Crippen molar-refractivity contribution in [2.45, 2.75) is 65.8 Å². The minimum absolute atomic E-state index is 0.242. The maximum Gasteiger partial charge on any atom is 0.262 e. The van der Waals surface area contributed by atoms with Crippen molar-refractivity contribution in [3.05, 3.63) is 105 Å². The Bertz CT molecular complexity index is 1510. The summed E-state index contributed by atoms with van der Waals surface area (Å²) in [6, 6.07) is 17.4. The molecule has 5 rings (SSSR count). The van der Waals surface area contributed by atoms with Crippen molar-refractivity contribution in [3.8, 4) is 0 Å². The summed E-state index contributed by atoms with van der Waals surface area (Å²) >= 11 is 3.75. The van der Waals surface area contributed by atoms with Gasteiger partial charge in [-0.25, -0.2) is 0 Å². The number of hydrogen-bond acceptors (Lipinski definition) is 3. The van der Waals surface area contributed by atoms with E-state index in [0.717, 1.165) is 25.9 Å². The molecule has 1 aliphatic carbocycles. The highest BCUT2D eigenvalue weighted by Crippen LogP contribution is 2.46. The van der Waals surface area contributed by atoms with Crippen LogP contribution in [0.1, 0.15) is 59.4 Å². The molecule has 0 radical (unpaired) electrons. The summed E-state index contributed by atoms with van der Waals surface area (Å²) in [5, 5.41) is 2.62. The average molecular weight is 540 g/mol. The summed E-state index contributed by atoms with van der Waals surface area (Å²) < 4.78 is 3.76. The highest BCUT2D eigenvalue weighted by atomic mass is 32.2. The first kappa shape index (κ1) is 26.8. The van der Waals surface area contributed by atoms with Gasteiger partial charge < -0.3 is 4.90 Å². The lowest BCUT2D eigenvalue weighted by atomic mass is 9.73. The standard InChI is InChI=1S/C34H39N2S2/c1-7-35-28-13-9-11-15-30(28)37-32(35)19-17-24(3)26-21-27(23-34(5,6)22-26)25(4)18-20-33-36(8-2)29-14-10-12-16-31(29)38-33/h9-21H,7-8,22-23H2,1-6H3/q+1. The molecule has 2 nitrogen and oxygen atoms in total. The first-order valence-corrected chi connectivity index (χ1v) is 15.4. The van der Waals surface area contributed by atoms with Crippen molar-refractivity contribution < 1.29 is 4.57 Å². The number of allylic oxidation sites excluding steroid dienone is 8. The van der Waals surface area contributed by atoms with Crippen molar-refractivity contribution in [2.24, 2.45) is 5.41 Å². The Kier molecular flexibility index (Phi) is 7.83. The van der Waals surface area contributed by atoms with Crippen LogP contribution < -0.4 is 9.47 Å². The number of nitrogens with zero attached hydrogens (tertiary/aromatic N) is 2. The maximum absolute atomic E-state index is 2.46. The van der Waals surface area contributed by atoms with Crippen LogP contribution in [-0.2, 0) is 6.54 Å². The Morgan fingerprint density at radius 2 is 1.79 bits per heavy atom. The molecule has 1 aliphatic heterocycles. The summed E-state index contributed by atoms with van der Waals surface area (Å²) in [6.45, 7) is 15.8. The van der Waals surface area contributed by atoms with E-state index >= 15 is 0 Å². The molecule has 0 unspecified atom stereocenters. The van der Waals surface area contributed by atoms with Crippen molar-refractivity contribution in [2.75, 3.05) is 11.4 Å². The van der Waals surface area contributed by atoms with E-state index < -0.39 is 0 Å². The number of aryl methyl sites for hydroxylation is 1. The number of benzene rings is 2. The van der Waals surface area contributed by atoms with Gasteiger partial charge in [-0.1, -0.05) is 79.4 Å². The van der Waals surface area contributed by atoms with E-state index in [2.05, 4.69) is 130 Å². The predicted octanol–water partition coefficient (Wildman–Crippen LogP) is 9.70. The Morgan fingerprint density at radius 1 is 1.03 bits per heavy atom. The molecule has 38 heavy (non-hydrogen) atoms. The minimum Gasteiger partial charge on any atom is -0.335 e. The van der Waals surface area contributed by atoms with Crippen LogP contribution in [0.4, 0.5) is 5.69 Å². The molecule has 0 atom stereocenters. The van der Waals surface area contributed by atoms with Crippen LogP contribution in [0, 0.1) is 5.41 Å². The topological polar surface area (TPSA) is 7.12 Å². The van der Waals surface area contributed by atoms with Crippen molar-refractivity contribution in [1.29, 1.82) is 0 Å². The lowest BCUT2D eigenvalue weighted by molar-refractivity contribution is -0.665. The number of thiazole rings is 1. The number of hydrogen-bond donors (Lipinski definition) is 0. The van der Waals surface area contributed by atoms with Gasteiger partial charge in [-0.15, -0.1) is 0 Å². The molecular formula is C34H39N2S2+. The number of para-hydroxylation sites is 2. The quantitative estimate of drug-likeness (QED) is 0.288. The number of rotatable bonds is 6. The van der Waals surface area contributed by atoms with E-state index in [0.29, 0.717) is 0 Å². The van der Waals surface area contributed by atoms with Gasteiger partial charge in [-0.05, 0) is 92.5 Å². The zero-order valence-corrected chi connectivity index (χ0v) is 25.2.